The van der Waals surface area contributed by atoms with Gasteiger partial charge >= 0.3 is 0 Å². The Kier molecular flexibility index (Phi) is 6.86. The molecule has 0 spiro atoms. The molecule has 114 valence electrons. The van der Waals surface area contributed by atoms with Crippen molar-refractivity contribution in [1.82, 2.24) is 10.3 Å². The summed E-state index contributed by atoms with van der Waals surface area (Å²) in [6, 6.07) is 9.01. The minimum Gasteiger partial charge on any atom is -0.376 e. The minimum atomic E-state index is 0.528. The molecule has 2 aromatic rings. The molecule has 0 aromatic carbocycles. The van der Waals surface area contributed by atoms with Gasteiger partial charge in [-0.3, -0.25) is 4.98 Å². The topological polar surface area (TPSA) is 34.1 Å². The monoisotopic (exact) mass is 304 g/mol. The van der Waals surface area contributed by atoms with Gasteiger partial charge in [0.25, 0.3) is 0 Å². The molecule has 2 heterocycles. The fourth-order valence-corrected chi connectivity index (χ4v) is 2.91. The van der Waals surface area contributed by atoms with Crippen LogP contribution in [0, 0.1) is 0 Å². The van der Waals surface area contributed by atoms with Gasteiger partial charge in [0.05, 0.1) is 6.61 Å². The highest BCUT2D eigenvalue weighted by molar-refractivity contribution is 7.11. The fraction of sp³-hybridized carbons (Fsp3) is 0.471. The highest BCUT2D eigenvalue weighted by Gasteiger charge is 2.01. The average Bonchev–Trinajstić information content (AvgIpc) is 2.94. The van der Waals surface area contributed by atoms with Crippen LogP contribution in [-0.2, 0) is 24.3 Å². The number of pyridine rings is 1. The van der Waals surface area contributed by atoms with Crippen LogP contribution in [0.3, 0.4) is 0 Å². The van der Waals surface area contributed by atoms with Crippen LogP contribution < -0.4 is 5.32 Å². The van der Waals surface area contributed by atoms with Crippen LogP contribution in [0.1, 0.15) is 35.6 Å². The summed E-state index contributed by atoms with van der Waals surface area (Å²) in [6.45, 7) is 6.81. The van der Waals surface area contributed by atoms with E-state index in [0.717, 1.165) is 32.6 Å². The van der Waals surface area contributed by atoms with Crippen molar-refractivity contribution in [2.45, 2.75) is 45.9 Å². The zero-order valence-electron chi connectivity index (χ0n) is 12.8. The molecule has 21 heavy (non-hydrogen) atoms. The molecule has 0 radical (unpaired) electrons. The first-order valence-electron chi connectivity index (χ1n) is 7.51. The molecule has 0 fully saturated rings. The van der Waals surface area contributed by atoms with E-state index in [-0.39, 0.29) is 0 Å². The van der Waals surface area contributed by atoms with Gasteiger partial charge in [0.1, 0.15) is 0 Å². The van der Waals surface area contributed by atoms with E-state index in [1.54, 1.807) is 0 Å². The van der Waals surface area contributed by atoms with E-state index < -0.39 is 0 Å². The van der Waals surface area contributed by atoms with Crippen LogP contribution in [-0.4, -0.2) is 17.6 Å². The predicted octanol–water partition coefficient (Wildman–Crippen LogP) is 3.79. The molecular formula is C17H24N2OS. The Balaban J connectivity index is 1.60. The lowest BCUT2D eigenvalue weighted by Gasteiger charge is -2.05. The first-order chi connectivity index (χ1) is 10.2. The second kappa shape index (κ2) is 8.93. The Morgan fingerprint density at radius 1 is 1.14 bits per heavy atom. The van der Waals surface area contributed by atoms with Crippen LogP contribution in [0.25, 0.3) is 0 Å². The average molecular weight is 304 g/mol. The maximum atomic E-state index is 5.75. The van der Waals surface area contributed by atoms with Gasteiger partial charge in [0.15, 0.2) is 0 Å². The molecule has 0 amide bonds. The van der Waals surface area contributed by atoms with Crippen LogP contribution in [0.15, 0.2) is 36.7 Å². The maximum absolute atomic E-state index is 5.75. The van der Waals surface area contributed by atoms with Crippen LogP contribution in [0.4, 0.5) is 0 Å². The normalized spacial score (nSPS) is 11.2. The molecule has 2 aromatic heterocycles. The van der Waals surface area contributed by atoms with Crippen LogP contribution in [0.5, 0.6) is 0 Å². The third kappa shape index (κ3) is 6.38. The number of thiophene rings is 1. The van der Waals surface area contributed by atoms with Gasteiger partial charge in [-0.05, 0) is 42.7 Å². The summed E-state index contributed by atoms with van der Waals surface area (Å²) >= 11 is 1.83. The first-order valence-corrected chi connectivity index (χ1v) is 8.33. The molecule has 4 heteroatoms. The quantitative estimate of drug-likeness (QED) is 0.716. The number of hydrogen-bond acceptors (Lipinski definition) is 4. The highest BCUT2D eigenvalue weighted by atomic mass is 32.1. The molecule has 0 aliphatic rings. The SMILES string of the molecule is CC(C)NCc1ccc(COCCCc2ccncc2)s1. The van der Waals surface area contributed by atoms with Crippen molar-refractivity contribution < 1.29 is 4.74 Å². The number of ether oxygens (including phenoxy) is 1. The van der Waals surface area contributed by atoms with Gasteiger partial charge in [-0.25, -0.2) is 0 Å². The van der Waals surface area contributed by atoms with E-state index in [4.69, 9.17) is 4.74 Å². The van der Waals surface area contributed by atoms with E-state index in [0.29, 0.717) is 6.04 Å². The molecule has 0 unspecified atom stereocenters. The summed E-state index contributed by atoms with van der Waals surface area (Å²) in [5.41, 5.74) is 1.33. The lowest BCUT2D eigenvalue weighted by Crippen LogP contribution is -2.21. The van der Waals surface area contributed by atoms with Crippen molar-refractivity contribution in [3.05, 3.63) is 52.0 Å². The molecule has 2 rings (SSSR count). The Morgan fingerprint density at radius 3 is 2.67 bits per heavy atom. The number of hydrogen-bond donors (Lipinski definition) is 1. The predicted molar refractivity (Wildman–Crippen MR) is 88.5 cm³/mol. The van der Waals surface area contributed by atoms with Crippen molar-refractivity contribution in [2.24, 2.45) is 0 Å². The molecule has 0 saturated heterocycles. The first kappa shape index (κ1) is 16.1. The van der Waals surface area contributed by atoms with Crippen molar-refractivity contribution in [3.8, 4) is 0 Å². The van der Waals surface area contributed by atoms with E-state index in [2.05, 4.69) is 48.4 Å². The summed E-state index contributed by atoms with van der Waals surface area (Å²) in [7, 11) is 0. The van der Waals surface area contributed by atoms with E-state index >= 15 is 0 Å². The standard InChI is InChI=1S/C17H24N2OS/c1-14(2)19-12-16-5-6-17(21-16)13-20-11-3-4-15-7-9-18-10-8-15/h5-10,14,19H,3-4,11-13H2,1-2H3. The fourth-order valence-electron chi connectivity index (χ4n) is 2.00. The Bertz CT molecular complexity index is 511. The zero-order chi connectivity index (χ0) is 14.9. The minimum absolute atomic E-state index is 0.528. The largest absolute Gasteiger partial charge is 0.376 e. The lowest BCUT2D eigenvalue weighted by molar-refractivity contribution is 0.121. The molecule has 0 bridgehead atoms. The molecular weight excluding hydrogens is 280 g/mol. The molecule has 0 aliphatic heterocycles. The van der Waals surface area contributed by atoms with Gasteiger partial charge < -0.3 is 10.1 Å². The Morgan fingerprint density at radius 2 is 1.90 bits per heavy atom. The van der Waals surface area contributed by atoms with E-state index in [1.165, 1.54) is 15.3 Å². The van der Waals surface area contributed by atoms with Crippen molar-refractivity contribution in [2.75, 3.05) is 6.61 Å². The number of rotatable bonds is 9. The second-order valence-electron chi connectivity index (χ2n) is 5.42. The lowest BCUT2D eigenvalue weighted by atomic mass is 10.1. The number of aryl methyl sites for hydroxylation is 1. The van der Waals surface area contributed by atoms with E-state index in [9.17, 15) is 0 Å². The maximum Gasteiger partial charge on any atom is 0.0809 e. The summed E-state index contributed by atoms with van der Waals surface area (Å²) in [4.78, 5) is 6.70. The van der Waals surface area contributed by atoms with Crippen LogP contribution >= 0.6 is 11.3 Å². The molecule has 0 saturated carbocycles. The molecule has 3 nitrogen and oxygen atoms in total. The van der Waals surface area contributed by atoms with Crippen LogP contribution in [0.2, 0.25) is 0 Å². The van der Waals surface area contributed by atoms with Gasteiger partial charge in [-0.15, -0.1) is 11.3 Å². The van der Waals surface area contributed by atoms with Crippen molar-refractivity contribution >= 4 is 11.3 Å². The summed E-state index contributed by atoms with van der Waals surface area (Å²) in [5.74, 6) is 0. The second-order valence-corrected chi connectivity index (χ2v) is 6.67. The smallest absolute Gasteiger partial charge is 0.0809 e. The zero-order valence-corrected chi connectivity index (χ0v) is 13.7. The van der Waals surface area contributed by atoms with Gasteiger partial charge in [-0.1, -0.05) is 13.8 Å². The summed E-state index contributed by atoms with van der Waals surface area (Å²) in [5, 5.41) is 3.43. The number of nitrogens with one attached hydrogen (secondary N) is 1. The third-order valence-corrected chi connectivity index (χ3v) is 4.21. The molecule has 1 N–H and O–H groups in total. The number of nitrogens with zero attached hydrogens (tertiary/aromatic N) is 1. The van der Waals surface area contributed by atoms with Gasteiger partial charge in [-0.2, -0.15) is 0 Å². The summed E-state index contributed by atoms with van der Waals surface area (Å²) in [6.07, 6.45) is 5.79. The van der Waals surface area contributed by atoms with Crippen molar-refractivity contribution in [3.63, 3.8) is 0 Å². The van der Waals surface area contributed by atoms with Crippen molar-refractivity contribution in [1.29, 1.82) is 0 Å². The highest BCUT2D eigenvalue weighted by Crippen LogP contribution is 2.17. The van der Waals surface area contributed by atoms with Gasteiger partial charge in [0.2, 0.25) is 0 Å². The Labute approximate surface area is 131 Å². The summed E-state index contributed by atoms with van der Waals surface area (Å²) < 4.78 is 5.75. The van der Waals surface area contributed by atoms with Gasteiger partial charge in [0, 0.05) is 41.3 Å². The van der Waals surface area contributed by atoms with E-state index in [1.807, 2.05) is 23.7 Å². The number of aromatic nitrogens is 1. The molecule has 0 aliphatic carbocycles. The Hall–Kier alpha value is -1.23. The third-order valence-electron chi connectivity index (χ3n) is 3.15. The molecule has 0 atom stereocenters.